The minimum absolute atomic E-state index is 0.0653. The summed E-state index contributed by atoms with van der Waals surface area (Å²) in [4.78, 5) is 17.5. The third-order valence-corrected chi connectivity index (χ3v) is 8.39. The molecule has 0 bridgehead atoms. The van der Waals surface area contributed by atoms with Gasteiger partial charge < -0.3 is 15.0 Å². The van der Waals surface area contributed by atoms with E-state index in [2.05, 4.69) is 30.7 Å². The number of halogens is 2. The number of anilines is 1. The monoisotopic (exact) mass is 546 g/mol. The van der Waals surface area contributed by atoms with Crippen LogP contribution < -0.4 is 9.62 Å². The standard InChI is InChI=1S/C28H36F2N4O3S/c1-27(2,3)26-32-23-17-21(7-10-24(23)34(26)18-19-11-13-28(29,30)14-12-19)33(4)38(37)22-8-5-20(6-9-22)25(36)31-15-16-35/h5-10,17,19,35H,11-16,18H2,1-4H3,(H,31,36). The summed E-state index contributed by atoms with van der Waals surface area (Å²) in [7, 11) is 0.218. The van der Waals surface area contributed by atoms with Gasteiger partial charge in [-0.1, -0.05) is 20.8 Å². The summed E-state index contributed by atoms with van der Waals surface area (Å²) in [5.74, 6) is -1.78. The minimum Gasteiger partial charge on any atom is -0.395 e. The van der Waals surface area contributed by atoms with Crippen molar-refractivity contribution in [3.63, 3.8) is 0 Å². The number of aliphatic hydroxyl groups excluding tert-OH is 1. The van der Waals surface area contributed by atoms with Gasteiger partial charge in [0, 0.05) is 44.0 Å². The Kier molecular flexibility index (Phi) is 8.23. The Balaban J connectivity index is 1.57. The van der Waals surface area contributed by atoms with Gasteiger partial charge in [-0.05, 0) is 61.2 Å². The number of alkyl halides is 2. The lowest BCUT2D eigenvalue weighted by molar-refractivity contribution is -0.0473. The molecule has 2 aromatic carbocycles. The number of benzene rings is 2. The molecule has 1 aliphatic rings. The van der Waals surface area contributed by atoms with Crippen molar-refractivity contribution in [2.24, 2.45) is 5.92 Å². The molecule has 10 heteroatoms. The van der Waals surface area contributed by atoms with Gasteiger partial charge in [0.1, 0.15) is 5.82 Å². The average molecular weight is 547 g/mol. The first-order valence-corrected chi connectivity index (χ1v) is 14.0. The molecule has 0 saturated heterocycles. The van der Waals surface area contributed by atoms with Crippen LogP contribution in [0.2, 0.25) is 0 Å². The molecule has 1 aliphatic carbocycles. The number of aliphatic hydroxyl groups is 1. The molecule has 2 N–H and O–H groups in total. The fourth-order valence-corrected chi connectivity index (χ4v) is 5.85. The number of rotatable bonds is 8. The Bertz CT molecular complexity index is 1310. The zero-order valence-electron chi connectivity index (χ0n) is 22.3. The Hall–Kier alpha value is -2.85. The number of hydrogen-bond acceptors (Lipinski definition) is 4. The zero-order valence-corrected chi connectivity index (χ0v) is 23.2. The molecule has 0 spiro atoms. The molecule has 206 valence electrons. The maximum absolute atomic E-state index is 13.7. The van der Waals surface area contributed by atoms with E-state index in [1.54, 1.807) is 35.6 Å². The molecule has 1 amide bonds. The molecule has 3 aromatic rings. The van der Waals surface area contributed by atoms with Crippen LogP contribution in [-0.4, -0.2) is 50.9 Å². The van der Waals surface area contributed by atoms with Gasteiger partial charge in [-0.2, -0.15) is 0 Å². The third kappa shape index (κ3) is 6.23. The van der Waals surface area contributed by atoms with Crippen LogP contribution in [0.1, 0.15) is 62.6 Å². The van der Waals surface area contributed by atoms with Gasteiger partial charge in [0.05, 0.1) is 28.2 Å². The summed E-state index contributed by atoms with van der Waals surface area (Å²) >= 11 is 0. The van der Waals surface area contributed by atoms with Crippen LogP contribution in [0.3, 0.4) is 0 Å². The van der Waals surface area contributed by atoms with Crippen LogP contribution in [0.25, 0.3) is 11.0 Å². The molecular formula is C28H36F2N4O3S. The Labute approximate surface area is 224 Å². The summed E-state index contributed by atoms with van der Waals surface area (Å²) in [6.07, 6.45) is 0.865. The third-order valence-electron chi connectivity index (χ3n) is 7.01. The van der Waals surface area contributed by atoms with E-state index in [0.717, 1.165) is 22.5 Å². The van der Waals surface area contributed by atoms with E-state index in [0.29, 0.717) is 29.8 Å². The lowest BCUT2D eigenvalue weighted by Crippen LogP contribution is -2.28. The van der Waals surface area contributed by atoms with E-state index in [9.17, 15) is 17.8 Å². The molecule has 1 heterocycles. The molecule has 1 fully saturated rings. The summed E-state index contributed by atoms with van der Waals surface area (Å²) in [6, 6.07) is 12.3. The van der Waals surface area contributed by atoms with E-state index < -0.39 is 16.9 Å². The van der Waals surface area contributed by atoms with Gasteiger partial charge in [0.25, 0.3) is 5.91 Å². The van der Waals surface area contributed by atoms with Crippen molar-refractivity contribution in [2.45, 2.75) is 69.2 Å². The summed E-state index contributed by atoms with van der Waals surface area (Å²) in [6.45, 7) is 6.96. The summed E-state index contributed by atoms with van der Waals surface area (Å²) in [5.41, 5.74) is 2.62. The highest BCUT2D eigenvalue weighted by Crippen LogP contribution is 2.38. The molecule has 1 atom stereocenters. The first kappa shape index (κ1) is 28.2. The number of carbonyl (C=O) groups excluding carboxylic acids is 1. The molecule has 1 saturated carbocycles. The molecule has 0 radical (unpaired) electrons. The van der Waals surface area contributed by atoms with E-state index in [4.69, 9.17) is 10.1 Å². The number of imidazole rings is 1. The first-order chi connectivity index (χ1) is 17.9. The molecule has 1 aromatic heterocycles. The lowest BCUT2D eigenvalue weighted by Gasteiger charge is -2.30. The van der Waals surface area contributed by atoms with E-state index in [-0.39, 0.29) is 43.2 Å². The number of nitrogens with zero attached hydrogens (tertiary/aromatic N) is 3. The van der Waals surface area contributed by atoms with Crippen LogP contribution >= 0.6 is 0 Å². The second-order valence-electron chi connectivity index (χ2n) is 11.0. The Morgan fingerprint density at radius 1 is 1.18 bits per heavy atom. The van der Waals surface area contributed by atoms with Crippen molar-refractivity contribution < 1.29 is 22.9 Å². The Morgan fingerprint density at radius 2 is 1.84 bits per heavy atom. The van der Waals surface area contributed by atoms with Crippen LogP contribution in [0.5, 0.6) is 0 Å². The molecule has 1 unspecified atom stereocenters. The number of hydrogen-bond donors (Lipinski definition) is 2. The van der Waals surface area contributed by atoms with Crippen LogP contribution in [-0.2, 0) is 22.9 Å². The van der Waals surface area contributed by atoms with Crippen LogP contribution in [0.4, 0.5) is 14.5 Å². The van der Waals surface area contributed by atoms with Gasteiger partial charge >= 0.3 is 0 Å². The highest BCUT2D eigenvalue weighted by atomic mass is 32.2. The highest BCUT2D eigenvalue weighted by Gasteiger charge is 2.35. The molecule has 0 aliphatic heterocycles. The predicted molar refractivity (Wildman–Crippen MR) is 146 cm³/mol. The fraction of sp³-hybridized carbons (Fsp3) is 0.500. The highest BCUT2D eigenvalue weighted by molar-refractivity contribution is 7.86. The number of nitrogens with one attached hydrogen (secondary N) is 1. The smallest absolute Gasteiger partial charge is 0.251 e. The summed E-state index contributed by atoms with van der Waals surface area (Å²) in [5, 5.41) is 11.5. The largest absolute Gasteiger partial charge is 0.395 e. The van der Waals surface area contributed by atoms with Gasteiger partial charge in [0.15, 0.2) is 11.0 Å². The second-order valence-corrected chi connectivity index (χ2v) is 12.5. The quantitative estimate of drug-likeness (QED) is 0.415. The molecular weight excluding hydrogens is 510 g/mol. The number of carbonyl (C=O) groups is 1. The van der Waals surface area contributed by atoms with Gasteiger partial charge in [-0.15, -0.1) is 0 Å². The Morgan fingerprint density at radius 3 is 2.45 bits per heavy atom. The maximum atomic E-state index is 13.7. The SMILES string of the molecule is CN(c1ccc2c(c1)nc(C(C)(C)C)n2CC1CCC(F)(F)CC1)S(=O)c1ccc(C(=O)NCCO)cc1. The maximum Gasteiger partial charge on any atom is 0.251 e. The number of fused-ring (bicyclic) bond motifs is 1. The normalized spacial score (nSPS) is 16.9. The second kappa shape index (κ2) is 11.1. The van der Waals surface area contributed by atoms with E-state index in [1.807, 2.05) is 18.2 Å². The predicted octanol–water partition coefficient (Wildman–Crippen LogP) is 5.04. The topological polar surface area (TPSA) is 87.5 Å². The molecule has 4 rings (SSSR count). The number of aromatic nitrogens is 2. The van der Waals surface area contributed by atoms with Gasteiger partial charge in [-0.3, -0.25) is 9.10 Å². The number of amides is 1. The average Bonchev–Trinajstić information content (AvgIpc) is 3.25. The molecule has 38 heavy (non-hydrogen) atoms. The van der Waals surface area contributed by atoms with Crippen molar-refractivity contribution in [1.82, 2.24) is 14.9 Å². The van der Waals surface area contributed by atoms with E-state index in [1.165, 1.54) is 0 Å². The van der Waals surface area contributed by atoms with Crippen LogP contribution in [0.15, 0.2) is 47.4 Å². The van der Waals surface area contributed by atoms with Crippen molar-refractivity contribution in [2.75, 3.05) is 24.5 Å². The first-order valence-electron chi connectivity index (χ1n) is 12.9. The zero-order chi connectivity index (χ0) is 27.7. The van der Waals surface area contributed by atoms with Crippen LogP contribution in [0, 0.1) is 5.92 Å². The van der Waals surface area contributed by atoms with Gasteiger partial charge in [-0.25, -0.2) is 18.0 Å². The molecule has 7 nitrogen and oxygen atoms in total. The van der Waals surface area contributed by atoms with Crippen molar-refractivity contribution in [3.05, 3.63) is 53.9 Å². The fourth-order valence-electron chi connectivity index (χ4n) is 4.86. The lowest BCUT2D eigenvalue weighted by atomic mass is 9.86. The summed E-state index contributed by atoms with van der Waals surface area (Å²) < 4.78 is 44.5. The van der Waals surface area contributed by atoms with Crippen molar-refractivity contribution >= 4 is 33.6 Å². The van der Waals surface area contributed by atoms with Crippen molar-refractivity contribution in [3.8, 4) is 0 Å². The van der Waals surface area contributed by atoms with Gasteiger partial charge in [0.2, 0.25) is 5.92 Å². The van der Waals surface area contributed by atoms with Crippen molar-refractivity contribution in [1.29, 1.82) is 0 Å². The minimum atomic E-state index is -2.55. The van der Waals surface area contributed by atoms with E-state index >= 15 is 0 Å².